The molecule has 2 spiro atoms. The van der Waals surface area contributed by atoms with Crippen molar-refractivity contribution in [1.82, 2.24) is 20.4 Å². The summed E-state index contributed by atoms with van der Waals surface area (Å²) in [5, 5.41) is 27.6. The van der Waals surface area contributed by atoms with Crippen molar-refractivity contribution in [3.05, 3.63) is 71.9 Å². The van der Waals surface area contributed by atoms with Crippen LogP contribution in [0.3, 0.4) is 0 Å². The Morgan fingerprint density at radius 2 is 0.951 bits per heavy atom. The second-order valence-corrected chi connectivity index (χ2v) is 25.2. The van der Waals surface area contributed by atoms with Crippen LogP contribution in [0.5, 0.6) is 0 Å². The van der Waals surface area contributed by atoms with Crippen molar-refractivity contribution in [2.75, 3.05) is 65.8 Å². The number of aliphatic hydroxyl groups is 2. The van der Waals surface area contributed by atoms with Gasteiger partial charge in [-0.2, -0.15) is 0 Å². The van der Waals surface area contributed by atoms with Crippen molar-refractivity contribution in [3.8, 4) is 0 Å². The maximum atomic E-state index is 12.6. The number of hydrogen-bond donors (Lipinski definition) is 4. The van der Waals surface area contributed by atoms with E-state index < -0.39 is 60.0 Å². The average molecular weight is 1150 g/mol. The molecule has 0 aliphatic carbocycles. The van der Waals surface area contributed by atoms with Gasteiger partial charge in [0.15, 0.2) is 0 Å². The number of allylic oxidation sites excluding steroid dienone is 4. The molecule has 4 N–H and O–H groups in total. The smallest absolute Gasteiger partial charge is 0.410 e. The van der Waals surface area contributed by atoms with Gasteiger partial charge >= 0.3 is 12.2 Å². The Morgan fingerprint density at radius 1 is 0.598 bits per heavy atom. The first-order chi connectivity index (χ1) is 38.7. The summed E-state index contributed by atoms with van der Waals surface area (Å²) >= 11 is 0. The number of rotatable bonds is 16. The molecule has 8 heterocycles. The number of morpholine rings is 2. The van der Waals surface area contributed by atoms with E-state index in [-0.39, 0.29) is 71.4 Å². The van der Waals surface area contributed by atoms with Crippen LogP contribution in [0.15, 0.2) is 71.9 Å². The normalized spacial score (nSPS) is 36.5. The molecular weight excluding hydrogens is 1060 g/mol. The zero-order valence-corrected chi connectivity index (χ0v) is 50.7. The molecule has 8 aliphatic rings. The number of nitrogens with one attached hydrogen (secondary N) is 2. The Hall–Kier alpha value is -4.48. The van der Waals surface area contributed by atoms with Gasteiger partial charge in [-0.05, 0) is 119 Å². The molecule has 0 bridgehead atoms. The predicted octanol–water partition coefficient (Wildman–Crippen LogP) is 6.58. The van der Waals surface area contributed by atoms with E-state index in [1.54, 1.807) is 35.8 Å². The van der Waals surface area contributed by atoms with Crippen LogP contribution in [-0.2, 0) is 57.0 Å². The van der Waals surface area contributed by atoms with Gasteiger partial charge in [0.2, 0.25) is 11.8 Å². The maximum Gasteiger partial charge on any atom is 0.410 e. The molecule has 8 saturated heterocycles. The average Bonchev–Trinajstić information content (AvgIpc) is 4.58. The Kier molecular flexibility index (Phi) is 22.7. The zero-order valence-electron chi connectivity index (χ0n) is 50.7. The highest BCUT2D eigenvalue weighted by atomic mass is 16.6. The first kappa shape index (κ1) is 65.1. The molecule has 8 aliphatic heterocycles. The number of ether oxygens (including phenoxy) is 10. The van der Waals surface area contributed by atoms with E-state index in [1.165, 1.54) is 12.2 Å². The first-order valence-corrected chi connectivity index (χ1v) is 29.8. The summed E-state index contributed by atoms with van der Waals surface area (Å²) in [6.45, 7) is 29.1. The third-order valence-corrected chi connectivity index (χ3v) is 16.8. The van der Waals surface area contributed by atoms with Crippen molar-refractivity contribution in [2.24, 2.45) is 11.8 Å². The lowest BCUT2D eigenvalue weighted by molar-refractivity contribution is -0.171. The largest absolute Gasteiger partial charge is 0.442 e. The Morgan fingerprint density at radius 3 is 1.29 bits per heavy atom. The monoisotopic (exact) mass is 1150 g/mol. The van der Waals surface area contributed by atoms with Crippen molar-refractivity contribution in [3.63, 3.8) is 0 Å². The summed E-state index contributed by atoms with van der Waals surface area (Å²) in [7, 11) is 0. The predicted molar refractivity (Wildman–Crippen MR) is 307 cm³/mol. The molecule has 20 heteroatoms. The SMILES string of the molecule is CC(/C=C/[C@H]1OC(C)(C)C[C@@]2(CO2)[C@@H]1O)=C\C[C@@H]1O[C@H](C)[C@H](NC(=O)/C=C\[C@H](C)OC(=O)N2CCOCC2)C[C@@H]1C.CC(/C=C/[C@H]1OC(C)(C)C[C@@]2(CO2)[C@@H]1O)=C\C[C@@H]1O[C@H](C)[C@H](NC(=O)/C=C\[C@H](C)OC(=O)N2CCOCC2)C[C@@H]1C. The molecule has 0 radical (unpaired) electrons. The highest BCUT2D eigenvalue weighted by Gasteiger charge is 2.61. The van der Waals surface area contributed by atoms with Crippen LogP contribution in [0.4, 0.5) is 9.59 Å². The van der Waals surface area contributed by atoms with Crippen LogP contribution in [0.2, 0.25) is 0 Å². The molecule has 0 aromatic rings. The van der Waals surface area contributed by atoms with Crippen molar-refractivity contribution in [2.45, 2.75) is 217 Å². The van der Waals surface area contributed by atoms with Crippen molar-refractivity contribution in [1.29, 1.82) is 0 Å². The van der Waals surface area contributed by atoms with Crippen LogP contribution in [0.1, 0.15) is 122 Å². The fourth-order valence-electron chi connectivity index (χ4n) is 11.8. The van der Waals surface area contributed by atoms with Crippen LogP contribution in [0.25, 0.3) is 0 Å². The van der Waals surface area contributed by atoms with E-state index >= 15 is 0 Å². The van der Waals surface area contributed by atoms with E-state index in [2.05, 4.69) is 36.6 Å². The van der Waals surface area contributed by atoms with E-state index in [0.29, 0.717) is 78.7 Å². The third kappa shape index (κ3) is 18.8. The van der Waals surface area contributed by atoms with Gasteiger partial charge in [0.05, 0.1) is 87.3 Å². The van der Waals surface area contributed by atoms with Crippen LogP contribution >= 0.6 is 0 Å². The molecule has 460 valence electrons. The van der Waals surface area contributed by atoms with E-state index in [0.717, 1.165) is 36.8 Å². The van der Waals surface area contributed by atoms with E-state index in [4.69, 9.17) is 47.4 Å². The van der Waals surface area contributed by atoms with Gasteiger partial charge in [-0.15, -0.1) is 0 Å². The second kappa shape index (κ2) is 28.6. The molecule has 20 nitrogen and oxygen atoms in total. The van der Waals surface area contributed by atoms with Crippen LogP contribution < -0.4 is 10.6 Å². The standard InChI is InChI=1S/2C31H48N2O8/c2*1-20(8-11-26-28(35)31(19-38-31)18-30(5,6)41-26)7-10-25-21(2)17-24(23(4)40-25)32-27(34)12-9-22(3)39-29(36)33-13-15-37-16-14-33/h2*7-9,11-12,21-26,28,35H,10,13-19H2,1-6H3,(H,32,34)/b2*11-8+,12-9-,20-7+/t2*21-,22-,23+,24+,25-,26+,28+,31+/m00/s1. The van der Waals surface area contributed by atoms with Gasteiger partial charge in [0.1, 0.15) is 47.8 Å². The third-order valence-electron chi connectivity index (χ3n) is 16.8. The number of hydrogen-bond acceptors (Lipinski definition) is 16. The highest BCUT2D eigenvalue weighted by molar-refractivity contribution is 5.88. The van der Waals surface area contributed by atoms with Gasteiger partial charge in [-0.25, -0.2) is 9.59 Å². The number of carbonyl (C=O) groups is 4. The highest BCUT2D eigenvalue weighted by Crippen LogP contribution is 2.47. The lowest BCUT2D eigenvalue weighted by Crippen LogP contribution is -2.53. The Balaban J connectivity index is 0.000000236. The van der Waals surface area contributed by atoms with Gasteiger partial charge in [-0.3, -0.25) is 9.59 Å². The minimum atomic E-state index is -0.669. The van der Waals surface area contributed by atoms with E-state index in [1.807, 2.05) is 79.7 Å². The lowest BCUT2D eigenvalue weighted by Gasteiger charge is -2.41. The second-order valence-electron chi connectivity index (χ2n) is 25.2. The molecule has 8 rings (SSSR count). The summed E-state index contributed by atoms with van der Waals surface area (Å²) in [5.74, 6) is 0.0241. The first-order valence-electron chi connectivity index (χ1n) is 29.8. The van der Waals surface area contributed by atoms with Gasteiger partial charge < -0.3 is 78.0 Å². The number of epoxide rings is 2. The van der Waals surface area contributed by atoms with E-state index in [9.17, 15) is 29.4 Å². The van der Waals surface area contributed by atoms with Gasteiger partial charge in [0.25, 0.3) is 0 Å². The van der Waals surface area contributed by atoms with Crippen molar-refractivity contribution >= 4 is 24.0 Å². The molecule has 4 amide bonds. The fourth-order valence-corrected chi connectivity index (χ4v) is 11.8. The Bertz CT molecular complexity index is 2190. The molecular formula is C62H96N4O16. The summed E-state index contributed by atoms with van der Waals surface area (Å²) in [6.07, 6.45) is 18.4. The van der Waals surface area contributed by atoms with Crippen molar-refractivity contribution < 1.29 is 76.8 Å². The Labute approximate surface area is 486 Å². The maximum absolute atomic E-state index is 12.6. The summed E-state index contributed by atoms with van der Waals surface area (Å²) in [4.78, 5) is 52.8. The molecule has 8 fully saturated rings. The number of amides is 4. The number of nitrogens with zero attached hydrogens (tertiary/aromatic N) is 2. The summed E-state index contributed by atoms with van der Waals surface area (Å²) < 4.78 is 57.4. The fraction of sp³-hybridized carbons (Fsp3) is 0.742. The zero-order chi connectivity index (χ0) is 59.6. The molecule has 82 heavy (non-hydrogen) atoms. The summed E-state index contributed by atoms with van der Waals surface area (Å²) in [6, 6.07) is -0.223. The lowest BCUT2D eigenvalue weighted by atomic mass is 9.83. The number of aliphatic hydroxyl groups excluding tert-OH is 2. The topological polar surface area (TPSA) is 238 Å². The van der Waals surface area contributed by atoms with Gasteiger partial charge in [-0.1, -0.05) is 61.4 Å². The minimum Gasteiger partial charge on any atom is -0.442 e. The molecule has 0 aromatic carbocycles. The molecule has 16 atom stereocenters. The molecule has 0 unspecified atom stereocenters. The van der Waals surface area contributed by atoms with Crippen LogP contribution in [0, 0.1) is 11.8 Å². The van der Waals surface area contributed by atoms with Crippen LogP contribution in [-0.4, -0.2) is 205 Å². The molecule has 0 saturated carbocycles. The molecule has 0 aromatic heterocycles. The summed E-state index contributed by atoms with van der Waals surface area (Å²) in [5.41, 5.74) is 0.515. The van der Waals surface area contributed by atoms with Gasteiger partial charge in [0, 0.05) is 51.2 Å². The number of carbonyl (C=O) groups excluding carboxylic acids is 4. The quantitative estimate of drug-likeness (QED) is 0.0726. The minimum absolute atomic E-state index is 0.0373.